The van der Waals surface area contributed by atoms with Gasteiger partial charge in [-0.3, -0.25) is 0 Å². The molecule has 0 aliphatic rings. The third-order valence-electron chi connectivity index (χ3n) is 2.17. The Balaban J connectivity index is 2.69. The molecule has 0 heterocycles. The van der Waals surface area contributed by atoms with E-state index in [2.05, 4.69) is 0 Å². The standard InChI is InChI=1S/C12H14F2N2O/c13-10-7-9(3-5-16)8-11(14)12(10)17-6-2-1-4-15/h7-8H,1-3,5-6,16H2. The van der Waals surface area contributed by atoms with Crippen LogP contribution in [0.5, 0.6) is 5.75 Å². The highest BCUT2D eigenvalue weighted by Crippen LogP contribution is 2.23. The minimum absolute atomic E-state index is 0.123. The van der Waals surface area contributed by atoms with Crippen molar-refractivity contribution in [2.75, 3.05) is 13.2 Å². The largest absolute Gasteiger partial charge is 0.488 e. The molecule has 0 spiro atoms. The van der Waals surface area contributed by atoms with Gasteiger partial charge in [-0.2, -0.15) is 5.26 Å². The predicted octanol–water partition coefficient (Wildman–Crippen LogP) is 2.15. The van der Waals surface area contributed by atoms with Crippen LogP contribution in [0, 0.1) is 23.0 Å². The molecular weight excluding hydrogens is 226 g/mol. The average Bonchev–Trinajstić information content (AvgIpc) is 2.27. The fourth-order valence-electron chi connectivity index (χ4n) is 1.39. The molecule has 0 aliphatic heterocycles. The minimum Gasteiger partial charge on any atom is -0.488 e. The Bertz CT molecular complexity index is 392. The van der Waals surface area contributed by atoms with E-state index < -0.39 is 11.6 Å². The van der Waals surface area contributed by atoms with E-state index in [1.165, 1.54) is 12.1 Å². The number of benzene rings is 1. The lowest BCUT2D eigenvalue weighted by molar-refractivity contribution is 0.281. The molecule has 0 aromatic heterocycles. The fraction of sp³-hybridized carbons (Fsp3) is 0.417. The number of nitrogens with two attached hydrogens (primary N) is 1. The Morgan fingerprint density at radius 3 is 2.47 bits per heavy atom. The van der Waals surface area contributed by atoms with Gasteiger partial charge in [-0.25, -0.2) is 8.78 Å². The second kappa shape index (κ2) is 6.81. The molecule has 1 rings (SSSR count). The van der Waals surface area contributed by atoms with E-state index in [4.69, 9.17) is 15.7 Å². The SMILES string of the molecule is N#CCCCOc1c(F)cc(CCN)cc1F. The zero-order valence-electron chi connectivity index (χ0n) is 9.38. The van der Waals surface area contributed by atoms with Crippen molar-refractivity contribution in [3.63, 3.8) is 0 Å². The van der Waals surface area contributed by atoms with Crippen molar-refractivity contribution in [3.05, 3.63) is 29.3 Å². The first-order chi connectivity index (χ1) is 8.19. The van der Waals surface area contributed by atoms with E-state index in [-0.39, 0.29) is 12.4 Å². The highest BCUT2D eigenvalue weighted by molar-refractivity contribution is 5.31. The molecule has 92 valence electrons. The van der Waals surface area contributed by atoms with Gasteiger partial charge in [0.1, 0.15) is 0 Å². The van der Waals surface area contributed by atoms with Crippen molar-refractivity contribution in [1.29, 1.82) is 5.26 Å². The number of hydrogen-bond acceptors (Lipinski definition) is 3. The van der Waals surface area contributed by atoms with Gasteiger partial charge in [-0.15, -0.1) is 0 Å². The van der Waals surface area contributed by atoms with Gasteiger partial charge >= 0.3 is 0 Å². The van der Waals surface area contributed by atoms with Gasteiger partial charge in [0.05, 0.1) is 12.7 Å². The molecule has 0 saturated heterocycles. The molecule has 0 radical (unpaired) electrons. The Morgan fingerprint density at radius 1 is 1.29 bits per heavy atom. The van der Waals surface area contributed by atoms with Gasteiger partial charge in [0, 0.05) is 6.42 Å². The molecule has 2 N–H and O–H groups in total. The summed E-state index contributed by atoms with van der Waals surface area (Å²) in [6, 6.07) is 4.36. The summed E-state index contributed by atoms with van der Waals surface area (Å²) in [5, 5.41) is 8.30. The molecule has 1 aromatic rings. The van der Waals surface area contributed by atoms with Crippen molar-refractivity contribution in [3.8, 4) is 11.8 Å². The van der Waals surface area contributed by atoms with Crippen molar-refractivity contribution >= 4 is 0 Å². The normalized spacial score (nSPS) is 10.0. The molecule has 0 saturated carbocycles. The smallest absolute Gasteiger partial charge is 0.190 e. The lowest BCUT2D eigenvalue weighted by atomic mass is 10.1. The minimum atomic E-state index is -0.731. The number of nitrogens with zero attached hydrogens (tertiary/aromatic N) is 1. The molecule has 0 unspecified atom stereocenters. The molecule has 0 bridgehead atoms. The summed E-state index contributed by atoms with van der Waals surface area (Å²) in [6.07, 6.45) is 1.16. The van der Waals surface area contributed by atoms with Gasteiger partial charge < -0.3 is 10.5 Å². The Hall–Kier alpha value is -1.67. The Morgan fingerprint density at radius 2 is 1.94 bits per heavy atom. The third kappa shape index (κ3) is 4.00. The molecule has 1 aromatic carbocycles. The second-order valence-corrected chi connectivity index (χ2v) is 3.54. The van der Waals surface area contributed by atoms with Crippen LogP contribution < -0.4 is 10.5 Å². The Labute approximate surface area is 98.8 Å². The van der Waals surface area contributed by atoms with Crippen LogP contribution in [0.2, 0.25) is 0 Å². The maximum atomic E-state index is 13.5. The molecule has 0 fully saturated rings. The predicted molar refractivity (Wildman–Crippen MR) is 59.5 cm³/mol. The van der Waals surface area contributed by atoms with Crippen LogP contribution in [-0.2, 0) is 6.42 Å². The van der Waals surface area contributed by atoms with E-state index in [0.29, 0.717) is 31.4 Å². The molecular formula is C12H14F2N2O. The maximum absolute atomic E-state index is 13.5. The van der Waals surface area contributed by atoms with E-state index in [0.717, 1.165) is 0 Å². The molecule has 3 nitrogen and oxygen atoms in total. The summed E-state index contributed by atoms with van der Waals surface area (Å²) in [5.41, 5.74) is 5.81. The molecule has 17 heavy (non-hydrogen) atoms. The monoisotopic (exact) mass is 240 g/mol. The molecule has 0 amide bonds. The zero-order valence-corrected chi connectivity index (χ0v) is 9.38. The van der Waals surface area contributed by atoms with Gasteiger partial charge in [-0.1, -0.05) is 0 Å². The third-order valence-corrected chi connectivity index (χ3v) is 2.17. The average molecular weight is 240 g/mol. The number of hydrogen-bond donors (Lipinski definition) is 1. The quantitative estimate of drug-likeness (QED) is 0.775. The van der Waals surface area contributed by atoms with Crippen LogP contribution in [0.1, 0.15) is 18.4 Å². The van der Waals surface area contributed by atoms with Crippen LogP contribution in [0.15, 0.2) is 12.1 Å². The van der Waals surface area contributed by atoms with Gasteiger partial charge in [0.15, 0.2) is 17.4 Å². The number of ether oxygens (including phenoxy) is 1. The summed E-state index contributed by atoms with van der Waals surface area (Å²) in [4.78, 5) is 0. The Kier molecular flexibility index (Phi) is 5.37. The van der Waals surface area contributed by atoms with E-state index in [1.807, 2.05) is 6.07 Å². The lowest BCUT2D eigenvalue weighted by Gasteiger charge is -2.09. The lowest BCUT2D eigenvalue weighted by Crippen LogP contribution is -2.06. The molecule has 5 heteroatoms. The summed E-state index contributed by atoms with van der Waals surface area (Å²) >= 11 is 0. The van der Waals surface area contributed by atoms with Crippen LogP contribution in [0.4, 0.5) is 8.78 Å². The summed E-state index contributed by atoms with van der Waals surface area (Å²) in [5.74, 6) is -1.85. The van der Waals surface area contributed by atoms with Crippen LogP contribution in [0.25, 0.3) is 0 Å². The second-order valence-electron chi connectivity index (χ2n) is 3.54. The van der Waals surface area contributed by atoms with Crippen LogP contribution in [0.3, 0.4) is 0 Å². The summed E-state index contributed by atoms with van der Waals surface area (Å²) < 4.78 is 31.9. The van der Waals surface area contributed by atoms with Gasteiger partial charge in [0.25, 0.3) is 0 Å². The molecule has 0 atom stereocenters. The van der Waals surface area contributed by atoms with Crippen LogP contribution >= 0.6 is 0 Å². The molecule has 0 aliphatic carbocycles. The fourth-order valence-corrected chi connectivity index (χ4v) is 1.39. The highest BCUT2D eigenvalue weighted by Gasteiger charge is 2.12. The number of unbranched alkanes of at least 4 members (excludes halogenated alkanes) is 1. The number of rotatable bonds is 6. The zero-order chi connectivity index (χ0) is 12.7. The highest BCUT2D eigenvalue weighted by atomic mass is 19.1. The number of halogens is 2. The van der Waals surface area contributed by atoms with Gasteiger partial charge in [-0.05, 0) is 37.1 Å². The first kappa shape index (κ1) is 13.4. The van der Waals surface area contributed by atoms with E-state index >= 15 is 0 Å². The first-order valence-corrected chi connectivity index (χ1v) is 5.36. The van der Waals surface area contributed by atoms with Crippen molar-refractivity contribution in [2.45, 2.75) is 19.3 Å². The first-order valence-electron chi connectivity index (χ1n) is 5.36. The van der Waals surface area contributed by atoms with Gasteiger partial charge in [0.2, 0.25) is 0 Å². The summed E-state index contributed by atoms with van der Waals surface area (Å²) in [7, 11) is 0. The van der Waals surface area contributed by atoms with Crippen molar-refractivity contribution < 1.29 is 13.5 Å². The van der Waals surface area contributed by atoms with Crippen molar-refractivity contribution in [1.82, 2.24) is 0 Å². The number of nitriles is 1. The topological polar surface area (TPSA) is 59.0 Å². The van der Waals surface area contributed by atoms with Crippen molar-refractivity contribution in [2.24, 2.45) is 5.73 Å². The van der Waals surface area contributed by atoms with E-state index in [9.17, 15) is 8.78 Å². The maximum Gasteiger partial charge on any atom is 0.190 e. The summed E-state index contributed by atoms with van der Waals surface area (Å²) in [6.45, 7) is 0.457. The van der Waals surface area contributed by atoms with Crippen LogP contribution in [-0.4, -0.2) is 13.2 Å². The van der Waals surface area contributed by atoms with E-state index in [1.54, 1.807) is 0 Å².